The number of benzene rings is 2. The molecule has 0 aliphatic carbocycles. The van der Waals surface area contributed by atoms with Gasteiger partial charge in [0.1, 0.15) is 17.1 Å². The van der Waals surface area contributed by atoms with E-state index in [2.05, 4.69) is 15.9 Å². The number of carbonyl (C=O) groups excluding carboxylic acids is 1. The second-order valence-electron chi connectivity index (χ2n) is 7.02. The Morgan fingerprint density at radius 1 is 1.09 bits per heavy atom. The fourth-order valence-corrected chi connectivity index (χ4v) is 3.09. The van der Waals surface area contributed by atoms with Gasteiger partial charge in [-0.3, -0.25) is 4.79 Å². The van der Waals surface area contributed by atoms with Crippen molar-refractivity contribution in [3.8, 4) is 17.2 Å². The number of alkyl halides is 3. The molecule has 0 N–H and O–H groups in total. The van der Waals surface area contributed by atoms with Gasteiger partial charge in [-0.2, -0.15) is 13.2 Å². The van der Waals surface area contributed by atoms with E-state index in [0.717, 1.165) is 6.07 Å². The molecule has 0 saturated heterocycles. The summed E-state index contributed by atoms with van der Waals surface area (Å²) in [6.07, 6.45) is -6.39. The van der Waals surface area contributed by atoms with Gasteiger partial charge < -0.3 is 18.6 Å². The lowest BCUT2D eigenvalue weighted by Crippen LogP contribution is -2.28. The van der Waals surface area contributed by atoms with Crippen LogP contribution in [-0.2, 0) is 15.7 Å². The van der Waals surface area contributed by atoms with E-state index in [1.54, 1.807) is 32.0 Å². The van der Waals surface area contributed by atoms with Gasteiger partial charge in [-0.05, 0) is 61.0 Å². The van der Waals surface area contributed by atoms with E-state index in [0.29, 0.717) is 4.47 Å². The molecule has 1 atom stereocenters. The molecule has 3 aromatic rings. The minimum Gasteiger partial charge on any atom is -0.479 e. The Kier molecular flexibility index (Phi) is 6.82. The molecule has 0 spiro atoms. The fourth-order valence-electron chi connectivity index (χ4n) is 2.73. The Morgan fingerprint density at radius 2 is 1.78 bits per heavy atom. The first kappa shape index (κ1) is 23.6. The average Bonchev–Trinajstić information content (AvgIpc) is 2.70. The average molecular weight is 515 g/mol. The van der Waals surface area contributed by atoms with E-state index >= 15 is 0 Å². The van der Waals surface area contributed by atoms with Gasteiger partial charge in [0.2, 0.25) is 11.2 Å². The molecule has 3 rings (SSSR count). The Hall–Kier alpha value is -3.01. The summed E-state index contributed by atoms with van der Waals surface area (Å²) in [4.78, 5) is 24.8. The van der Waals surface area contributed by atoms with E-state index in [-0.39, 0.29) is 28.6 Å². The lowest BCUT2D eigenvalue weighted by molar-refractivity contribution is -0.155. The molecule has 0 aliphatic rings. The van der Waals surface area contributed by atoms with Crippen LogP contribution in [0.4, 0.5) is 13.2 Å². The number of rotatable bonds is 6. The Balaban J connectivity index is 2.05. The molecule has 1 heterocycles. The molecule has 1 aromatic heterocycles. The van der Waals surface area contributed by atoms with Crippen molar-refractivity contribution in [1.82, 2.24) is 0 Å². The summed E-state index contributed by atoms with van der Waals surface area (Å²) in [6, 6.07) is 9.84. The Labute approximate surface area is 189 Å². The summed E-state index contributed by atoms with van der Waals surface area (Å²) >= 11 is 3.17. The van der Waals surface area contributed by atoms with Crippen molar-refractivity contribution in [3.05, 3.63) is 62.9 Å². The van der Waals surface area contributed by atoms with Crippen LogP contribution < -0.4 is 14.9 Å². The number of ether oxygens (including phenoxy) is 3. The van der Waals surface area contributed by atoms with E-state index in [1.165, 1.54) is 25.1 Å². The van der Waals surface area contributed by atoms with Crippen molar-refractivity contribution in [2.45, 2.75) is 39.2 Å². The van der Waals surface area contributed by atoms with Gasteiger partial charge in [0, 0.05) is 6.07 Å². The summed E-state index contributed by atoms with van der Waals surface area (Å²) in [5.74, 6) is -3.17. The van der Waals surface area contributed by atoms with E-state index < -0.39 is 35.2 Å². The molecule has 0 amide bonds. The van der Waals surface area contributed by atoms with Crippen molar-refractivity contribution >= 4 is 32.9 Å². The zero-order valence-electron chi connectivity index (χ0n) is 17.2. The van der Waals surface area contributed by atoms with E-state index in [1.807, 2.05) is 0 Å². The topological polar surface area (TPSA) is 75.0 Å². The third kappa shape index (κ3) is 5.24. The van der Waals surface area contributed by atoms with Gasteiger partial charge in [0.25, 0.3) is 5.76 Å². The molecule has 32 heavy (non-hydrogen) atoms. The maximum atomic E-state index is 13.7. The number of carbonyl (C=O) groups is 1. The number of para-hydroxylation sites is 1. The predicted molar refractivity (Wildman–Crippen MR) is 113 cm³/mol. The number of esters is 1. The third-order valence-corrected chi connectivity index (χ3v) is 4.78. The van der Waals surface area contributed by atoms with Gasteiger partial charge in [0.05, 0.1) is 16.0 Å². The van der Waals surface area contributed by atoms with Gasteiger partial charge in [-0.1, -0.05) is 12.1 Å². The lowest BCUT2D eigenvalue weighted by atomic mass is 10.2. The molecular formula is C22H18BrF3O6. The van der Waals surface area contributed by atoms with Crippen molar-refractivity contribution in [3.63, 3.8) is 0 Å². The predicted octanol–water partition coefficient (Wildman–Crippen LogP) is 6.09. The highest BCUT2D eigenvalue weighted by Gasteiger charge is 2.40. The fraction of sp³-hybridized carbons (Fsp3) is 0.273. The highest BCUT2D eigenvalue weighted by atomic mass is 79.9. The largest absolute Gasteiger partial charge is 0.479 e. The highest BCUT2D eigenvalue weighted by Crippen LogP contribution is 2.39. The number of halogens is 4. The second kappa shape index (κ2) is 9.23. The normalized spacial score (nSPS) is 12.6. The summed E-state index contributed by atoms with van der Waals surface area (Å²) in [5, 5.41) is -0.148. The molecule has 0 fully saturated rings. The minimum absolute atomic E-state index is 0.0158. The van der Waals surface area contributed by atoms with Crippen LogP contribution in [0.5, 0.6) is 17.2 Å². The third-order valence-electron chi connectivity index (χ3n) is 4.12. The molecule has 0 aliphatic heterocycles. The van der Waals surface area contributed by atoms with Crippen LogP contribution in [-0.4, -0.2) is 18.2 Å². The van der Waals surface area contributed by atoms with Gasteiger partial charge in [-0.25, -0.2) is 4.79 Å². The molecule has 0 saturated carbocycles. The maximum absolute atomic E-state index is 13.7. The quantitative estimate of drug-likeness (QED) is 0.370. The standard InChI is InChI=1S/C22H18BrF3O6/c1-11(2)29-21(28)12(3)30-13-8-9-14-17(10-13)32-20(22(24,25)26)19(18(14)27)31-16-7-5-4-6-15(16)23/h4-12H,1-3H3/t12-/m0/s1. The molecule has 6 nitrogen and oxygen atoms in total. The Bertz CT molecular complexity index is 1200. The van der Waals surface area contributed by atoms with Crippen molar-refractivity contribution in [2.75, 3.05) is 0 Å². The van der Waals surface area contributed by atoms with Crippen LogP contribution >= 0.6 is 15.9 Å². The summed E-state index contributed by atoms with van der Waals surface area (Å²) in [7, 11) is 0. The molecule has 10 heteroatoms. The molecule has 170 valence electrons. The summed E-state index contributed by atoms with van der Waals surface area (Å²) < 4.78 is 62.2. The van der Waals surface area contributed by atoms with E-state index in [9.17, 15) is 22.8 Å². The van der Waals surface area contributed by atoms with Crippen LogP contribution in [0.3, 0.4) is 0 Å². The van der Waals surface area contributed by atoms with Crippen molar-refractivity contribution in [2.24, 2.45) is 0 Å². The van der Waals surface area contributed by atoms with Crippen molar-refractivity contribution in [1.29, 1.82) is 0 Å². The van der Waals surface area contributed by atoms with Gasteiger partial charge in [0.15, 0.2) is 6.10 Å². The first-order valence-corrected chi connectivity index (χ1v) is 10.2. The minimum atomic E-state index is -5.00. The van der Waals surface area contributed by atoms with Crippen LogP contribution in [0, 0.1) is 0 Å². The molecular weight excluding hydrogens is 497 g/mol. The number of fused-ring (bicyclic) bond motifs is 1. The monoisotopic (exact) mass is 514 g/mol. The van der Waals surface area contributed by atoms with Gasteiger partial charge in [-0.15, -0.1) is 0 Å². The zero-order chi connectivity index (χ0) is 23.6. The Morgan fingerprint density at radius 3 is 2.41 bits per heavy atom. The molecule has 0 unspecified atom stereocenters. The zero-order valence-corrected chi connectivity index (χ0v) is 18.7. The van der Waals surface area contributed by atoms with Crippen molar-refractivity contribution < 1.29 is 36.6 Å². The second-order valence-corrected chi connectivity index (χ2v) is 7.88. The maximum Gasteiger partial charge on any atom is 0.453 e. The van der Waals surface area contributed by atoms with Crippen LogP contribution in [0.2, 0.25) is 0 Å². The molecule has 0 radical (unpaired) electrons. The first-order chi connectivity index (χ1) is 15.0. The summed E-state index contributed by atoms with van der Waals surface area (Å²) in [6.45, 7) is 4.77. The van der Waals surface area contributed by atoms with Crippen LogP contribution in [0.25, 0.3) is 11.0 Å². The number of hydrogen-bond acceptors (Lipinski definition) is 6. The first-order valence-electron chi connectivity index (χ1n) is 9.45. The highest BCUT2D eigenvalue weighted by molar-refractivity contribution is 9.10. The van der Waals surface area contributed by atoms with Crippen LogP contribution in [0.1, 0.15) is 26.5 Å². The van der Waals surface area contributed by atoms with Crippen LogP contribution in [0.15, 0.2) is 56.1 Å². The molecule has 2 aromatic carbocycles. The molecule has 0 bridgehead atoms. The number of hydrogen-bond donors (Lipinski definition) is 0. The smallest absolute Gasteiger partial charge is 0.453 e. The lowest BCUT2D eigenvalue weighted by Gasteiger charge is -2.17. The van der Waals surface area contributed by atoms with Gasteiger partial charge >= 0.3 is 12.1 Å². The SMILES string of the molecule is CC(C)OC(=O)[C@H](C)Oc1ccc2c(=O)c(Oc3ccccc3Br)c(C(F)(F)F)oc2c1. The summed E-state index contributed by atoms with van der Waals surface area (Å²) in [5.41, 5.74) is -1.38. The van der Waals surface area contributed by atoms with E-state index in [4.69, 9.17) is 18.6 Å².